The van der Waals surface area contributed by atoms with Gasteiger partial charge in [0.05, 0.1) is 0 Å². The number of rotatable bonds is 4. The van der Waals surface area contributed by atoms with Crippen LogP contribution < -0.4 is 0 Å². The number of carbonyl (C=O) groups excluding carboxylic acids is 1. The fraction of sp³-hybridized carbons (Fsp3) is 0.286. The van der Waals surface area contributed by atoms with Gasteiger partial charge in [-0.1, -0.05) is 11.2 Å². The number of hydrogen-bond acceptors (Lipinski definition) is 4. The molecule has 0 N–H and O–H groups in total. The van der Waals surface area contributed by atoms with E-state index in [1.807, 2.05) is 32.0 Å². The summed E-state index contributed by atoms with van der Waals surface area (Å²) in [4.78, 5) is 18.4. The van der Waals surface area contributed by atoms with Gasteiger partial charge in [-0.25, -0.2) is 8.78 Å². The Morgan fingerprint density at radius 2 is 1.86 bits per heavy atom. The second-order valence-corrected chi connectivity index (χ2v) is 7.21. The van der Waals surface area contributed by atoms with Gasteiger partial charge in [-0.15, -0.1) is 0 Å². The van der Waals surface area contributed by atoms with Crippen molar-refractivity contribution in [3.63, 3.8) is 0 Å². The maximum Gasteiger partial charge on any atom is 0.257 e. The van der Waals surface area contributed by atoms with Crippen LogP contribution in [0.4, 0.5) is 8.78 Å². The number of nitrogens with zero attached hydrogens (tertiary/aromatic N) is 3. The van der Waals surface area contributed by atoms with E-state index in [-0.39, 0.29) is 24.8 Å². The molecule has 5 nitrogen and oxygen atoms in total. The second kappa shape index (κ2) is 7.14. The van der Waals surface area contributed by atoms with E-state index in [1.54, 1.807) is 4.90 Å². The van der Waals surface area contributed by atoms with Crippen LogP contribution in [0, 0.1) is 25.5 Å². The number of hydrogen-bond donors (Lipinski definition) is 0. The quantitative estimate of drug-likeness (QED) is 0.679. The Balaban J connectivity index is 1.49. The zero-order chi connectivity index (χ0) is 19.8. The summed E-state index contributed by atoms with van der Waals surface area (Å²) in [7, 11) is 0. The standard InChI is InChI=1S/C21H19F2N3O2/c1-12-3-4-15(5-13(12)2)21-24-20(25-28-21)16-8-19(27)26(11-16)10-14-6-17(22)9-18(23)7-14/h3-7,9,16H,8,10-11H2,1-2H3. The molecule has 1 amide bonds. The van der Waals surface area contributed by atoms with Crippen molar-refractivity contribution >= 4 is 5.91 Å². The van der Waals surface area contributed by atoms with Gasteiger partial charge in [-0.2, -0.15) is 4.98 Å². The van der Waals surface area contributed by atoms with E-state index in [1.165, 1.54) is 17.7 Å². The van der Waals surface area contributed by atoms with E-state index >= 15 is 0 Å². The van der Waals surface area contributed by atoms with Crippen molar-refractivity contribution in [3.8, 4) is 11.5 Å². The number of amides is 1. The first-order valence-corrected chi connectivity index (χ1v) is 9.03. The molecule has 0 radical (unpaired) electrons. The predicted octanol–water partition coefficient (Wildman–Crippen LogP) is 4.15. The molecule has 0 bridgehead atoms. The minimum atomic E-state index is -0.658. The Bertz CT molecular complexity index is 1030. The van der Waals surface area contributed by atoms with Crippen LogP contribution in [0.1, 0.15) is 34.9 Å². The Morgan fingerprint density at radius 1 is 1.11 bits per heavy atom. The van der Waals surface area contributed by atoms with Crippen LogP contribution in [0.5, 0.6) is 0 Å². The molecule has 1 unspecified atom stereocenters. The van der Waals surface area contributed by atoms with E-state index in [0.717, 1.165) is 17.2 Å². The minimum absolute atomic E-state index is 0.104. The van der Waals surface area contributed by atoms with Gasteiger partial charge >= 0.3 is 0 Å². The molecule has 1 aliphatic rings. The summed E-state index contributed by atoms with van der Waals surface area (Å²) in [5.74, 6) is -0.753. The van der Waals surface area contributed by atoms with Gasteiger partial charge in [0, 0.05) is 37.1 Å². The summed E-state index contributed by atoms with van der Waals surface area (Å²) in [5.41, 5.74) is 3.55. The largest absolute Gasteiger partial charge is 0.338 e. The SMILES string of the molecule is Cc1ccc(-c2nc(C3CC(=O)N(Cc4cc(F)cc(F)c4)C3)no2)cc1C. The zero-order valence-corrected chi connectivity index (χ0v) is 15.6. The first-order valence-electron chi connectivity index (χ1n) is 9.03. The van der Waals surface area contributed by atoms with E-state index in [2.05, 4.69) is 10.1 Å². The molecule has 2 aromatic carbocycles. The lowest BCUT2D eigenvalue weighted by molar-refractivity contribution is -0.128. The highest BCUT2D eigenvalue weighted by Crippen LogP contribution is 2.29. The van der Waals surface area contributed by atoms with Crippen molar-refractivity contribution in [3.05, 3.63) is 70.5 Å². The first kappa shape index (κ1) is 18.3. The molecule has 0 saturated carbocycles. The third-order valence-corrected chi connectivity index (χ3v) is 5.07. The molecule has 1 atom stereocenters. The van der Waals surface area contributed by atoms with Gasteiger partial charge in [0.25, 0.3) is 5.89 Å². The molecular weight excluding hydrogens is 364 g/mol. The number of likely N-dealkylation sites (tertiary alicyclic amines) is 1. The lowest BCUT2D eigenvalue weighted by atomic mass is 10.1. The Morgan fingerprint density at radius 3 is 2.57 bits per heavy atom. The van der Waals surface area contributed by atoms with Crippen LogP contribution in [-0.2, 0) is 11.3 Å². The van der Waals surface area contributed by atoms with E-state index in [9.17, 15) is 13.6 Å². The van der Waals surface area contributed by atoms with Crippen LogP contribution >= 0.6 is 0 Å². The fourth-order valence-corrected chi connectivity index (χ4v) is 3.41. The van der Waals surface area contributed by atoms with Crippen molar-refractivity contribution in [2.75, 3.05) is 6.54 Å². The highest BCUT2D eigenvalue weighted by Gasteiger charge is 2.34. The van der Waals surface area contributed by atoms with E-state index in [4.69, 9.17) is 4.52 Å². The highest BCUT2D eigenvalue weighted by atomic mass is 19.1. The predicted molar refractivity (Wildman–Crippen MR) is 98.3 cm³/mol. The summed E-state index contributed by atoms with van der Waals surface area (Å²) in [6, 6.07) is 9.17. The van der Waals surface area contributed by atoms with Crippen LogP contribution in [0.25, 0.3) is 11.5 Å². The van der Waals surface area contributed by atoms with Crippen LogP contribution in [-0.4, -0.2) is 27.5 Å². The molecule has 1 saturated heterocycles. The average Bonchev–Trinajstić information content (AvgIpc) is 3.24. The van der Waals surface area contributed by atoms with Gasteiger partial charge in [0.2, 0.25) is 5.91 Å². The molecule has 3 aromatic rings. The highest BCUT2D eigenvalue weighted by molar-refractivity contribution is 5.79. The molecule has 1 fully saturated rings. The van der Waals surface area contributed by atoms with Crippen molar-refractivity contribution in [1.29, 1.82) is 0 Å². The summed E-state index contributed by atoms with van der Waals surface area (Å²) in [5, 5.41) is 4.05. The summed E-state index contributed by atoms with van der Waals surface area (Å²) in [6.07, 6.45) is 0.240. The fourth-order valence-electron chi connectivity index (χ4n) is 3.41. The van der Waals surface area contributed by atoms with Crippen molar-refractivity contribution in [1.82, 2.24) is 15.0 Å². The lowest BCUT2D eigenvalue weighted by Gasteiger charge is -2.16. The molecule has 28 heavy (non-hydrogen) atoms. The normalized spacial score (nSPS) is 16.8. The maximum absolute atomic E-state index is 13.4. The molecule has 0 spiro atoms. The first-order chi connectivity index (χ1) is 13.4. The summed E-state index contributed by atoms with van der Waals surface area (Å²) >= 11 is 0. The molecule has 0 aliphatic carbocycles. The summed E-state index contributed by atoms with van der Waals surface area (Å²) < 4.78 is 32.2. The van der Waals surface area contributed by atoms with Gasteiger partial charge in [-0.3, -0.25) is 4.79 Å². The number of carbonyl (C=O) groups is 1. The monoisotopic (exact) mass is 383 g/mol. The van der Waals surface area contributed by atoms with E-state index in [0.29, 0.717) is 23.8 Å². The van der Waals surface area contributed by atoms with Gasteiger partial charge in [0.1, 0.15) is 11.6 Å². The van der Waals surface area contributed by atoms with Crippen LogP contribution in [0.3, 0.4) is 0 Å². The van der Waals surface area contributed by atoms with Crippen molar-refractivity contribution in [2.45, 2.75) is 32.7 Å². The molecule has 144 valence electrons. The zero-order valence-electron chi connectivity index (χ0n) is 15.6. The van der Waals surface area contributed by atoms with Crippen LogP contribution in [0.2, 0.25) is 0 Å². The molecule has 1 aliphatic heterocycles. The number of aryl methyl sites for hydroxylation is 2. The van der Waals surface area contributed by atoms with Gasteiger partial charge in [-0.05, 0) is 54.8 Å². The molecule has 1 aromatic heterocycles. The van der Waals surface area contributed by atoms with Crippen molar-refractivity contribution < 1.29 is 18.1 Å². The Labute approximate surface area is 161 Å². The topological polar surface area (TPSA) is 59.2 Å². The molecular formula is C21H19F2N3O2. The number of aromatic nitrogens is 2. The second-order valence-electron chi connectivity index (χ2n) is 7.21. The van der Waals surface area contributed by atoms with Crippen molar-refractivity contribution in [2.24, 2.45) is 0 Å². The van der Waals surface area contributed by atoms with E-state index < -0.39 is 11.6 Å². The van der Waals surface area contributed by atoms with Crippen LogP contribution in [0.15, 0.2) is 40.9 Å². The maximum atomic E-state index is 13.4. The smallest absolute Gasteiger partial charge is 0.257 e. The molecule has 2 heterocycles. The third-order valence-electron chi connectivity index (χ3n) is 5.07. The van der Waals surface area contributed by atoms with Gasteiger partial charge < -0.3 is 9.42 Å². The Hall–Kier alpha value is -3.09. The molecule has 7 heteroatoms. The summed E-state index contributed by atoms with van der Waals surface area (Å²) in [6.45, 7) is 4.56. The molecule has 4 rings (SSSR count). The number of benzene rings is 2. The average molecular weight is 383 g/mol. The third kappa shape index (κ3) is 3.65. The minimum Gasteiger partial charge on any atom is -0.338 e. The number of halogens is 2. The lowest BCUT2D eigenvalue weighted by Crippen LogP contribution is -2.24. The van der Waals surface area contributed by atoms with Gasteiger partial charge in [0.15, 0.2) is 5.82 Å². The Kier molecular flexibility index (Phi) is 4.66.